The highest BCUT2D eigenvalue weighted by atomic mass is 32.1. The number of aromatic nitrogens is 4. The van der Waals surface area contributed by atoms with Crippen LogP contribution in [0, 0.1) is 0 Å². The number of carbonyl (C=O) groups excluding carboxylic acids is 1. The summed E-state index contributed by atoms with van der Waals surface area (Å²) in [5, 5.41) is 18.0. The third-order valence-corrected chi connectivity index (χ3v) is 4.44. The molecule has 21 heavy (non-hydrogen) atoms. The fourth-order valence-corrected chi connectivity index (χ4v) is 3.52. The van der Waals surface area contributed by atoms with E-state index in [0.29, 0.717) is 5.56 Å². The zero-order valence-electron chi connectivity index (χ0n) is 10.7. The highest BCUT2D eigenvalue weighted by Gasteiger charge is 2.15. The van der Waals surface area contributed by atoms with E-state index in [0.717, 1.165) is 20.2 Å². The van der Waals surface area contributed by atoms with Gasteiger partial charge < -0.3 is 0 Å². The Balaban J connectivity index is 1.86. The van der Waals surface area contributed by atoms with E-state index in [9.17, 15) is 4.79 Å². The molecule has 0 fully saturated rings. The van der Waals surface area contributed by atoms with Crippen LogP contribution < -0.4 is 5.32 Å². The van der Waals surface area contributed by atoms with E-state index in [-0.39, 0.29) is 11.9 Å². The van der Waals surface area contributed by atoms with Crippen molar-refractivity contribution in [2.75, 3.05) is 5.32 Å². The molecule has 0 saturated carbocycles. The molecule has 2 aromatic carbocycles. The third kappa shape index (κ3) is 1.95. The lowest BCUT2D eigenvalue weighted by Crippen LogP contribution is -2.13. The summed E-state index contributed by atoms with van der Waals surface area (Å²) in [5.74, 6) is -0.0772. The zero-order valence-corrected chi connectivity index (χ0v) is 11.5. The molecule has 2 N–H and O–H groups in total. The number of carbonyl (C=O) groups is 1. The predicted octanol–water partition coefficient (Wildman–Crippen LogP) is 2.82. The second-order valence-electron chi connectivity index (χ2n) is 4.47. The topological polar surface area (TPSA) is 83.6 Å². The van der Waals surface area contributed by atoms with Crippen LogP contribution in [-0.2, 0) is 0 Å². The maximum absolute atomic E-state index is 12.4. The molecule has 0 bridgehead atoms. The molecule has 4 aromatic rings. The van der Waals surface area contributed by atoms with E-state index in [2.05, 4.69) is 38.1 Å². The largest absolute Gasteiger partial charge is 0.288 e. The Labute approximate surface area is 122 Å². The molecule has 0 aliphatic carbocycles. The van der Waals surface area contributed by atoms with Gasteiger partial charge in [-0.15, -0.1) is 16.4 Å². The lowest BCUT2D eigenvalue weighted by molar-refractivity contribution is 0.102. The van der Waals surface area contributed by atoms with Gasteiger partial charge in [0.05, 0.1) is 5.56 Å². The average Bonchev–Trinajstić information content (AvgIpc) is 3.13. The molecule has 1 amide bonds. The summed E-state index contributed by atoms with van der Waals surface area (Å²) in [4.78, 5) is 12.4. The molecular weight excluding hydrogens is 286 g/mol. The van der Waals surface area contributed by atoms with Crippen LogP contribution in [0.25, 0.3) is 20.2 Å². The molecule has 2 aromatic heterocycles. The van der Waals surface area contributed by atoms with Crippen LogP contribution in [0.15, 0.2) is 42.5 Å². The van der Waals surface area contributed by atoms with Crippen LogP contribution in [0.4, 0.5) is 5.95 Å². The molecule has 0 aliphatic heterocycles. The molecule has 7 heteroatoms. The first kappa shape index (κ1) is 12.0. The Hall–Kier alpha value is -2.80. The van der Waals surface area contributed by atoms with Gasteiger partial charge in [-0.05, 0) is 17.3 Å². The third-order valence-electron chi connectivity index (χ3n) is 3.22. The van der Waals surface area contributed by atoms with Gasteiger partial charge in [0.2, 0.25) is 0 Å². The second kappa shape index (κ2) is 4.64. The first-order valence-corrected chi connectivity index (χ1v) is 7.09. The first-order chi connectivity index (χ1) is 10.3. The van der Waals surface area contributed by atoms with Crippen molar-refractivity contribution in [3.05, 3.63) is 48.0 Å². The summed E-state index contributed by atoms with van der Waals surface area (Å²) in [6, 6.07) is 13.8. The Kier molecular flexibility index (Phi) is 2.65. The molecule has 0 unspecified atom stereocenters. The van der Waals surface area contributed by atoms with Crippen molar-refractivity contribution in [3.8, 4) is 0 Å². The SMILES string of the molecule is O=C(Nc1nn[nH]n1)c1cccc2c1sc1ccccc12. The van der Waals surface area contributed by atoms with E-state index < -0.39 is 0 Å². The van der Waals surface area contributed by atoms with E-state index in [4.69, 9.17) is 0 Å². The van der Waals surface area contributed by atoms with Crippen LogP contribution in [0.1, 0.15) is 10.4 Å². The summed E-state index contributed by atoms with van der Waals surface area (Å²) < 4.78 is 2.12. The van der Waals surface area contributed by atoms with E-state index in [1.54, 1.807) is 17.4 Å². The minimum absolute atomic E-state index is 0.165. The Morgan fingerprint density at radius 2 is 1.95 bits per heavy atom. The van der Waals surface area contributed by atoms with Gasteiger partial charge in [0, 0.05) is 20.2 Å². The van der Waals surface area contributed by atoms with Crippen molar-refractivity contribution in [3.63, 3.8) is 0 Å². The molecular formula is C14H9N5OS. The number of fused-ring (bicyclic) bond motifs is 3. The minimum Gasteiger partial charge on any atom is -0.288 e. The van der Waals surface area contributed by atoms with Crippen LogP contribution in [0.3, 0.4) is 0 Å². The normalized spacial score (nSPS) is 11.0. The van der Waals surface area contributed by atoms with Crippen LogP contribution in [-0.4, -0.2) is 26.5 Å². The number of hydrogen-bond acceptors (Lipinski definition) is 5. The lowest BCUT2D eigenvalue weighted by Gasteiger charge is -2.02. The summed E-state index contributed by atoms with van der Waals surface area (Å²) in [5.41, 5.74) is 0.610. The standard InChI is InChI=1S/C14H9N5OS/c20-13(15-14-16-18-19-17-14)10-6-3-5-9-8-4-1-2-7-11(8)21-12(9)10/h1-7H,(H2,15,16,17,18,19,20). The van der Waals surface area contributed by atoms with Gasteiger partial charge >= 0.3 is 0 Å². The van der Waals surface area contributed by atoms with E-state index in [1.165, 1.54) is 0 Å². The van der Waals surface area contributed by atoms with Crippen molar-refractivity contribution in [2.45, 2.75) is 0 Å². The molecule has 0 atom stereocenters. The molecule has 102 valence electrons. The summed E-state index contributed by atoms with van der Waals surface area (Å²) in [6.45, 7) is 0. The van der Waals surface area contributed by atoms with Crippen molar-refractivity contribution in [1.29, 1.82) is 0 Å². The summed E-state index contributed by atoms with van der Waals surface area (Å²) in [7, 11) is 0. The number of thiophene rings is 1. The van der Waals surface area contributed by atoms with Gasteiger partial charge in [-0.1, -0.05) is 35.4 Å². The Bertz CT molecular complexity index is 944. The molecule has 0 radical (unpaired) electrons. The number of H-pyrrole nitrogens is 1. The maximum atomic E-state index is 12.4. The van der Waals surface area contributed by atoms with E-state index >= 15 is 0 Å². The fraction of sp³-hybridized carbons (Fsp3) is 0. The minimum atomic E-state index is -0.242. The fourth-order valence-electron chi connectivity index (χ4n) is 2.31. The number of nitrogens with zero attached hydrogens (tertiary/aromatic N) is 3. The predicted molar refractivity (Wildman–Crippen MR) is 81.5 cm³/mol. The number of tetrazole rings is 1. The second-order valence-corrected chi connectivity index (χ2v) is 5.52. The Morgan fingerprint density at radius 3 is 2.81 bits per heavy atom. The van der Waals surface area contributed by atoms with Crippen molar-refractivity contribution in [2.24, 2.45) is 0 Å². The van der Waals surface area contributed by atoms with Crippen LogP contribution >= 0.6 is 11.3 Å². The number of aromatic amines is 1. The Morgan fingerprint density at radius 1 is 1.10 bits per heavy atom. The van der Waals surface area contributed by atoms with Crippen molar-refractivity contribution in [1.82, 2.24) is 20.6 Å². The maximum Gasteiger partial charge on any atom is 0.270 e. The van der Waals surface area contributed by atoms with Crippen LogP contribution in [0.5, 0.6) is 0 Å². The quantitative estimate of drug-likeness (QED) is 0.595. The number of amides is 1. The lowest BCUT2D eigenvalue weighted by atomic mass is 10.1. The number of anilines is 1. The number of rotatable bonds is 2. The highest BCUT2D eigenvalue weighted by Crippen LogP contribution is 2.35. The zero-order chi connectivity index (χ0) is 14.2. The average molecular weight is 295 g/mol. The summed E-state index contributed by atoms with van der Waals surface area (Å²) >= 11 is 1.60. The van der Waals surface area contributed by atoms with Gasteiger partial charge in [-0.2, -0.15) is 5.21 Å². The molecule has 6 nitrogen and oxygen atoms in total. The van der Waals surface area contributed by atoms with E-state index in [1.807, 2.05) is 24.3 Å². The molecule has 0 spiro atoms. The molecule has 0 saturated heterocycles. The van der Waals surface area contributed by atoms with Gasteiger partial charge in [-0.25, -0.2) is 0 Å². The monoisotopic (exact) mass is 295 g/mol. The van der Waals surface area contributed by atoms with Gasteiger partial charge in [0.1, 0.15) is 0 Å². The van der Waals surface area contributed by atoms with Gasteiger partial charge in [0.25, 0.3) is 11.9 Å². The molecule has 4 rings (SSSR count). The summed E-state index contributed by atoms with van der Waals surface area (Å²) in [6.07, 6.45) is 0. The van der Waals surface area contributed by atoms with Gasteiger partial charge in [0.15, 0.2) is 0 Å². The van der Waals surface area contributed by atoms with Crippen molar-refractivity contribution < 1.29 is 4.79 Å². The van der Waals surface area contributed by atoms with Crippen molar-refractivity contribution >= 4 is 43.4 Å². The number of hydrogen-bond donors (Lipinski definition) is 2. The van der Waals surface area contributed by atoms with Gasteiger partial charge in [-0.3, -0.25) is 10.1 Å². The smallest absolute Gasteiger partial charge is 0.270 e. The highest BCUT2D eigenvalue weighted by molar-refractivity contribution is 7.26. The first-order valence-electron chi connectivity index (χ1n) is 6.28. The molecule has 2 heterocycles. The van der Waals surface area contributed by atoms with Crippen LogP contribution in [0.2, 0.25) is 0 Å². The number of nitrogens with one attached hydrogen (secondary N) is 2. The number of benzene rings is 2. The molecule has 0 aliphatic rings.